The molecule has 0 amide bonds. The van der Waals surface area contributed by atoms with Gasteiger partial charge in [-0.15, -0.1) is 0 Å². The molecule has 0 heterocycles. The molecule has 10 heavy (non-hydrogen) atoms. The molecule has 0 N–H and O–H groups in total. The molecule has 0 aromatic rings. The molecule has 0 aliphatic heterocycles. The zero-order chi connectivity index (χ0) is 7.40. The van der Waals surface area contributed by atoms with E-state index in [0.717, 1.165) is 17.6 Å². The molecule has 0 radical (unpaired) electrons. The van der Waals surface area contributed by atoms with Crippen molar-refractivity contribution in [2.75, 3.05) is 0 Å². The van der Waals surface area contributed by atoms with E-state index in [1.807, 2.05) is 6.08 Å². The van der Waals surface area contributed by atoms with Crippen LogP contribution in [0.15, 0.2) is 23.0 Å². The van der Waals surface area contributed by atoms with Crippen LogP contribution >= 0.6 is 9.69 Å². The number of allylic oxidation sites excluding steroid dienone is 3. The number of terminal acetylenes is 1. The number of halogens is 1. The molecule has 51 valence electrons. The van der Waals surface area contributed by atoms with Crippen LogP contribution in [0.4, 0.5) is 0 Å². The van der Waals surface area contributed by atoms with E-state index in [0.29, 0.717) is 0 Å². The van der Waals surface area contributed by atoms with Crippen LogP contribution in [-0.2, 0) is 15.7 Å². The average Bonchev–Trinajstić information content (AvgIpc) is 1.86. The molecule has 0 aromatic carbocycles. The number of hydrogen-bond donors (Lipinski definition) is 0. The van der Waals surface area contributed by atoms with E-state index in [1.165, 1.54) is 0 Å². The van der Waals surface area contributed by atoms with Crippen LogP contribution in [0.5, 0.6) is 0 Å². The van der Waals surface area contributed by atoms with Crippen LogP contribution in [0.25, 0.3) is 0 Å². The van der Waals surface area contributed by atoms with Crippen LogP contribution in [0.2, 0.25) is 0 Å². The molecule has 1 aliphatic carbocycles. The summed E-state index contributed by atoms with van der Waals surface area (Å²) in [5.74, 6) is 2.55. The minimum absolute atomic E-state index is 0.263. The summed E-state index contributed by atoms with van der Waals surface area (Å²) in [5.41, 5.74) is 5.09. The van der Waals surface area contributed by atoms with Crippen molar-refractivity contribution in [2.24, 2.45) is 0 Å². The van der Waals surface area contributed by atoms with Crippen LogP contribution in [0.1, 0.15) is 6.42 Å². The second-order valence-electron chi connectivity index (χ2n) is 1.80. The Morgan fingerprint density at radius 1 is 1.70 bits per heavy atom. The van der Waals surface area contributed by atoms with Gasteiger partial charge >= 0.3 is 71.4 Å². The Kier molecular flexibility index (Phi) is 2.89. The van der Waals surface area contributed by atoms with E-state index < -0.39 is 0 Å². The first-order valence-electron chi connectivity index (χ1n) is 2.63. The summed E-state index contributed by atoms with van der Waals surface area (Å²) in [6, 6.07) is 0. The fourth-order valence-electron chi connectivity index (χ4n) is 0.633. The molecule has 0 fully saturated rings. The zero-order valence-electron chi connectivity index (χ0n) is 5.09. The number of rotatable bonds is 0. The molecule has 1 rings (SSSR count). The van der Waals surface area contributed by atoms with Gasteiger partial charge in [0.05, 0.1) is 0 Å². The van der Waals surface area contributed by atoms with Gasteiger partial charge in [0.15, 0.2) is 0 Å². The molecular formula is C8H4ClRu. The molecule has 0 unspecified atom stereocenters. The van der Waals surface area contributed by atoms with Crippen molar-refractivity contribution >= 4 is 14.0 Å². The molecule has 1 aliphatic rings. The molecule has 0 aromatic heterocycles. The normalized spacial score (nSPS) is 14.0. The standard InChI is InChI=1S/C8H4.ClH.Ru/c1-3-7-5-8(4-2)6-7;;/h1,5H,6H2;1H;/q;;+1/p-1. The predicted molar refractivity (Wildman–Crippen MR) is 39.4 cm³/mol. The summed E-state index contributed by atoms with van der Waals surface area (Å²) in [4.78, 5) is 0. The fourth-order valence-corrected chi connectivity index (χ4v) is 1.19. The van der Waals surface area contributed by atoms with Crippen molar-refractivity contribution in [3.8, 4) is 12.3 Å². The van der Waals surface area contributed by atoms with Crippen molar-refractivity contribution in [1.82, 2.24) is 0 Å². The molecular weight excluding hydrogens is 233 g/mol. The maximum atomic E-state index is 5.44. The summed E-state index contributed by atoms with van der Waals surface area (Å²) in [6.07, 6.45) is 7.92. The van der Waals surface area contributed by atoms with Crippen LogP contribution < -0.4 is 0 Å². The quantitative estimate of drug-likeness (QED) is 0.341. The predicted octanol–water partition coefficient (Wildman–Crippen LogP) is 1.67. The topological polar surface area (TPSA) is 0 Å². The van der Waals surface area contributed by atoms with Crippen LogP contribution in [0.3, 0.4) is 0 Å². The Bertz CT molecular complexity index is 305. The van der Waals surface area contributed by atoms with E-state index in [9.17, 15) is 0 Å². The summed E-state index contributed by atoms with van der Waals surface area (Å²) in [5, 5.41) is 0. The number of hydrogen-bond acceptors (Lipinski definition) is 0. The van der Waals surface area contributed by atoms with Gasteiger partial charge < -0.3 is 0 Å². The van der Waals surface area contributed by atoms with Gasteiger partial charge in [0.2, 0.25) is 0 Å². The van der Waals surface area contributed by atoms with Crippen LogP contribution in [-0.4, -0.2) is 4.26 Å². The zero-order valence-corrected chi connectivity index (χ0v) is 7.59. The van der Waals surface area contributed by atoms with Gasteiger partial charge in [-0.1, -0.05) is 0 Å². The summed E-state index contributed by atoms with van der Waals surface area (Å²) in [6.45, 7) is 0. The van der Waals surface area contributed by atoms with Gasteiger partial charge in [-0.3, -0.25) is 0 Å². The van der Waals surface area contributed by atoms with Crippen molar-refractivity contribution < 1.29 is 15.7 Å². The molecule has 0 spiro atoms. The van der Waals surface area contributed by atoms with E-state index in [1.54, 1.807) is 0 Å². The first-order valence-corrected chi connectivity index (χ1v) is 5.74. The van der Waals surface area contributed by atoms with Gasteiger partial charge in [-0.05, 0) is 0 Å². The molecule has 0 saturated heterocycles. The van der Waals surface area contributed by atoms with E-state index in [4.69, 9.17) is 16.1 Å². The molecule has 2 heteroatoms. The second-order valence-corrected chi connectivity index (χ2v) is 3.35. The van der Waals surface area contributed by atoms with E-state index >= 15 is 0 Å². The van der Waals surface area contributed by atoms with Crippen molar-refractivity contribution in [2.45, 2.75) is 6.42 Å². The van der Waals surface area contributed by atoms with Gasteiger partial charge in [0.25, 0.3) is 0 Å². The van der Waals surface area contributed by atoms with E-state index in [2.05, 4.69) is 15.9 Å². The van der Waals surface area contributed by atoms with Gasteiger partial charge in [-0.2, -0.15) is 0 Å². The summed E-state index contributed by atoms with van der Waals surface area (Å²) < 4.78 is 2.85. The van der Waals surface area contributed by atoms with Gasteiger partial charge in [-0.25, -0.2) is 0 Å². The van der Waals surface area contributed by atoms with Gasteiger partial charge in [0.1, 0.15) is 0 Å². The summed E-state index contributed by atoms with van der Waals surface area (Å²) in [7, 11) is 5.44. The molecule has 0 saturated carbocycles. The summed E-state index contributed by atoms with van der Waals surface area (Å²) >= 11 is -0.263. The monoisotopic (exact) mass is 237 g/mol. The van der Waals surface area contributed by atoms with Gasteiger partial charge in [0, 0.05) is 0 Å². The third kappa shape index (κ3) is 1.81. The molecule has 0 nitrogen and oxygen atoms in total. The fraction of sp³-hybridized carbons (Fsp3) is 0.125. The first-order chi connectivity index (χ1) is 4.86. The Hall–Kier alpha value is -0.357. The SMILES string of the molecule is C#CC1=CC(=C=[C]=[Ru][Cl])C1. The van der Waals surface area contributed by atoms with Crippen molar-refractivity contribution in [3.05, 3.63) is 23.0 Å². The molecule has 0 bridgehead atoms. The average molecular weight is 237 g/mol. The third-order valence-corrected chi connectivity index (χ3v) is 1.93. The Labute approximate surface area is 71.4 Å². The Morgan fingerprint density at radius 3 is 2.90 bits per heavy atom. The first kappa shape index (κ1) is 7.75. The third-order valence-electron chi connectivity index (χ3n) is 1.15. The minimum atomic E-state index is -0.263. The van der Waals surface area contributed by atoms with Crippen molar-refractivity contribution in [1.29, 1.82) is 0 Å². The van der Waals surface area contributed by atoms with E-state index in [-0.39, 0.29) is 15.7 Å². The second kappa shape index (κ2) is 3.72. The molecule has 0 atom stereocenters. The van der Waals surface area contributed by atoms with Crippen LogP contribution in [0, 0.1) is 12.3 Å². The van der Waals surface area contributed by atoms with Crippen molar-refractivity contribution in [3.63, 3.8) is 0 Å². The Morgan fingerprint density at radius 2 is 2.40 bits per heavy atom. The Balaban J connectivity index is 2.83. The maximum absolute atomic E-state index is 5.44.